The minimum Gasteiger partial charge on any atom is -0.447 e. The third kappa shape index (κ3) is 8.41. The fourth-order valence-electron chi connectivity index (χ4n) is 4.76. The van der Waals surface area contributed by atoms with Crippen LogP contribution >= 0.6 is 0 Å². The zero-order valence-corrected chi connectivity index (χ0v) is 23.1. The number of ether oxygens (including phenoxy) is 1. The number of anilines is 1. The van der Waals surface area contributed by atoms with Crippen LogP contribution in [0.5, 0.6) is 0 Å². The number of rotatable bonds is 9. The van der Waals surface area contributed by atoms with E-state index in [0.29, 0.717) is 37.5 Å². The van der Waals surface area contributed by atoms with Crippen molar-refractivity contribution in [3.8, 4) is 0 Å². The third-order valence-corrected chi connectivity index (χ3v) is 6.82. The van der Waals surface area contributed by atoms with Crippen molar-refractivity contribution in [1.82, 2.24) is 20.1 Å². The van der Waals surface area contributed by atoms with E-state index in [0.717, 1.165) is 32.0 Å². The number of carbonyl (C=O) groups is 2. The van der Waals surface area contributed by atoms with Crippen molar-refractivity contribution in [2.75, 3.05) is 44.2 Å². The van der Waals surface area contributed by atoms with Crippen molar-refractivity contribution in [1.29, 1.82) is 0 Å². The highest BCUT2D eigenvalue weighted by Crippen LogP contribution is 2.21. The Hall–Kier alpha value is -3.20. The zero-order valence-electron chi connectivity index (χ0n) is 23.1. The fourth-order valence-corrected chi connectivity index (χ4v) is 4.76. The first-order chi connectivity index (χ1) is 18.4. The molecule has 2 aliphatic heterocycles. The van der Waals surface area contributed by atoms with E-state index >= 15 is 0 Å². The maximum atomic E-state index is 14.1. The molecular formula is C29H42FN5O3. The first-order valence-corrected chi connectivity index (χ1v) is 13.8. The van der Waals surface area contributed by atoms with Crippen molar-refractivity contribution in [2.24, 2.45) is 0 Å². The lowest BCUT2D eigenvalue weighted by Gasteiger charge is -2.48. The molecule has 0 radical (unpaired) electrons. The lowest BCUT2D eigenvalue weighted by Crippen LogP contribution is -2.64. The minimum atomic E-state index is -0.552. The van der Waals surface area contributed by atoms with Gasteiger partial charge in [0, 0.05) is 64.0 Å². The number of pyridine rings is 1. The molecule has 38 heavy (non-hydrogen) atoms. The van der Waals surface area contributed by atoms with Crippen LogP contribution < -0.4 is 10.2 Å². The molecule has 0 bridgehead atoms. The second kappa shape index (κ2) is 14.7. The summed E-state index contributed by atoms with van der Waals surface area (Å²) in [7, 11) is 0. The Morgan fingerprint density at radius 3 is 2.37 bits per heavy atom. The van der Waals surface area contributed by atoms with Crippen LogP contribution in [0.15, 0.2) is 48.7 Å². The molecule has 2 aliphatic rings. The monoisotopic (exact) mass is 527 g/mol. The summed E-state index contributed by atoms with van der Waals surface area (Å²) in [5.74, 6) is 0.732. The SMILES string of the molecule is CC.CC(C)OC(=O)NC(CCc1ccccc1F)CC(=O)N1CC(N2CCN(c3ccccn3)CC2)C1. The van der Waals surface area contributed by atoms with Crippen molar-refractivity contribution in [2.45, 2.75) is 65.1 Å². The summed E-state index contributed by atoms with van der Waals surface area (Å²) in [5.41, 5.74) is 0.572. The van der Waals surface area contributed by atoms with E-state index in [4.69, 9.17) is 4.74 Å². The van der Waals surface area contributed by atoms with Crippen LogP contribution in [0.3, 0.4) is 0 Å². The van der Waals surface area contributed by atoms with Gasteiger partial charge in [-0.15, -0.1) is 0 Å². The normalized spacial score (nSPS) is 16.8. The molecule has 8 nitrogen and oxygen atoms in total. The van der Waals surface area contributed by atoms with E-state index in [1.54, 1.807) is 32.0 Å². The maximum absolute atomic E-state index is 14.1. The van der Waals surface area contributed by atoms with Gasteiger partial charge < -0.3 is 19.9 Å². The summed E-state index contributed by atoms with van der Waals surface area (Å²) in [5, 5.41) is 2.81. The van der Waals surface area contributed by atoms with Gasteiger partial charge in [0.25, 0.3) is 0 Å². The Morgan fingerprint density at radius 2 is 1.74 bits per heavy atom. The number of hydrogen-bond acceptors (Lipinski definition) is 6. The molecule has 3 heterocycles. The Bertz CT molecular complexity index is 1010. The summed E-state index contributed by atoms with van der Waals surface area (Å²) in [6.45, 7) is 12.7. The quantitative estimate of drug-likeness (QED) is 0.529. The number of aromatic nitrogens is 1. The molecule has 2 saturated heterocycles. The van der Waals surface area contributed by atoms with Gasteiger partial charge in [-0.05, 0) is 50.5 Å². The number of amides is 2. The second-order valence-electron chi connectivity index (χ2n) is 9.79. The van der Waals surface area contributed by atoms with Gasteiger partial charge in [-0.1, -0.05) is 38.1 Å². The highest BCUT2D eigenvalue weighted by Gasteiger charge is 2.36. The first kappa shape index (κ1) is 29.4. The average Bonchev–Trinajstić information content (AvgIpc) is 2.89. The summed E-state index contributed by atoms with van der Waals surface area (Å²) in [4.78, 5) is 36.2. The fraction of sp³-hybridized carbons (Fsp3) is 0.552. The molecule has 2 amide bonds. The van der Waals surface area contributed by atoms with Crippen LogP contribution in [0.25, 0.3) is 0 Å². The van der Waals surface area contributed by atoms with E-state index in [1.807, 2.05) is 43.1 Å². The molecule has 1 N–H and O–H groups in total. The van der Waals surface area contributed by atoms with Crippen LogP contribution in [0.2, 0.25) is 0 Å². The highest BCUT2D eigenvalue weighted by atomic mass is 19.1. The number of hydrogen-bond donors (Lipinski definition) is 1. The Balaban J connectivity index is 0.00000195. The topological polar surface area (TPSA) is 78.0 Å². The lowest BCUT2D eigenvalue weighted by molar-refractivity contribution is -0.139. The molecule has 2 fully saturated rings. The summed E-state index contributed by atoms with van der Waals surface area (Å²) in [6.07, 6.45) is 2.05. The van der Waals surface area contributed by atoms with Gasteiger partial charge in [-0.2, -0.15) is 0 Å². The summed E-state index contributed by atoms with van der Waals surface area (Å²) in [6, 6.07) is 12.5. The third-order valence-electron chi connectivity index (χ3n) is 6.82. The summed E-state index contributed by atoms with van der Waals surface area (Å²) >= 11 is 0. The molecule has 0 saturated carbocycles. The predicted octanol–water partition coefficient (Wildman–Crippen LogP) is 4.11. The van der Waals surface area contributed by atoms with Crippen LogP contribution in [0.1, 0.15) is 46.1 Å². The standard InChI is InChI=1S/C27H36FN5O3.C2H6/c1-20(2)36-27(35)30-22(11-10-21-7-3-4-8-24(21)28)17-26(34)33-18-23(19-33)31-13-15-32(16-14-31)25-9-5-6-12-29-25;1-2/h3-9,12,20,22-23H,10-11,13-19H2,1-2H3,(H,30,35);1-2H3. The van der Waals surface area contributed by atoms with Crippen molar-refractivity contribution >= 4 is 17.8 Å². The van der Waals surface area contributed by atoms with Crippen LogP contribution in [0.4, 0.5) is 15.0 Å². The molecule has 0 spiro atoms. The molecule has 1 atom stereocenters. The minimum absolute atomic E-state index is 0.00162. The summed E-state index contributed by atoms with van der Waals surface area (Å²) < 4.78 is 19.3. The van der Waals surface area contributed by atoms with Gasteiger partial charge in [0.05, 0.1) is 6.10 Å². The van der Waals surface area contributed by atoms with Crippen molar-refractivity contribution < 1.29 is 18.7 Å². The van der Waals surface area contributed by atoms with Gasteiger partial charge in [-0.25, -0.2) is 14.2 Å². The Morgan fingerprint density at radius 1 is 1.05 bits per heavy atom. The predicted molar refractivity (Wildman–Crippen MR) is 148 cm³/mol. The molecule has 0 aliphatic carbocycles. The van der Waals surface area contributed by atoms with Gasteiger partial charge in [0.1, 0.15) is 11.6 Å². The second-order valence-corrected chi connectivity index (χ2v) is 9.79. The van der Waals surface area contributed by atoms with E-state index in [-0.39, 0.29) is 24.2 Å². The maximum Gasteiger partial charge on any atom is 0.407 e. The van der Waals surface area contributed by atoms with Gasteiger partial charge >= 0.3 is 6.09 Å². The molecule has 1 aromatic carbocycles. The molecule has 2 aromatic rings. The molecule has 9 heteroatoms. The van der Waals surface area contributed by atoms with E-state index in [9.17, 15) is 14.0 Å². The van der Waals surface area contributed by atoms with Gasteiger partial charge in [0.2, 0.25) is 5.91 Å². The van der Waals surface area contributed by atoms with Crippen LogP contribution in [-0.2, 0) is 16.0 Å². The highest BCUT2D eigenvalue weighted by molar-refractivity contribution is 5.78. The molecule has 4 rings (SSSR count). The van der Waals surface area contributed by atoms with E-state index in [2.05, 4.69) is 20.1 Å². The van der Waals surface area contributed by atoms with Crippen molar-refractivity contribution in [3.63, 3.8) is 0 Å². The number of nitrogens with zero attached hydrogens (tertiary/aromatic N) is 4. The number of alkyl carbamates (subject to hydrolysis) is 1. The van der Waals surface area contributed by atoms with Crippen LogP contribution in [0, 0.1) is 5.82 Å². The number of aryl methyl sites for hydroxylation is 1. The lowest BCUT2D eigenvalue weighted by atomic mass is 10.00. The van der Waals surface area contributed by atoms with Gasteiger partial charge in [0.15, 0.2) is 0 Å². The number of benzene rings is 1. The molecule has 1 aromatic heterocycles. The van der Waals surface area contributed by atoms with E-state index < -0.39 is 12.1 Å². The number of piperazine rings is 1. The zero-order chi connectivity index (χ0) is 27.5. The molecule has 1 unspecified atom stereocenters. The largest absolute Gasteiger partial charge is 0.447 e. The Kier molecular flexibility index (Phi) is 11.3. The van der Waals surface area contributed by atoms with Gasteiger partial charge in [-0.3, -0.25) is 9.69 Å². The average molecular weight is 528 g/mol. The smallest absolute Gasteiger partial charge is 0.407 e. The van der Waals surface area contributed by atoms with Crippen molar-refractivity contribution in [3.05, 3.63) is 60.0 Å². The number of likely N-dealkylation sites (tertiary alicyclic amines) is 1. The first-order valence-electron chi connectivity index (χ1n) is 13.8. The Labute approximate surface area is 226 Å². The van der Waals surface area contributed by atoms with E-state index in [1.165, 1.54) is 6.07 Å². The number of halogens is 1. The molecular weight excluding hydrogens is 485 g/mol. The number of carbonyl (C=O) groups excluding carboxylic acids is 2. The van der Waals surface area contributed by atoms with Crippen LogP contribution in [-0.4, -0.2) is 84.2 Å². The molecule has 208 valence electrons. The number of nitrogens with one attached hydrogen (secondary N) is 1.